The van der Waals surface area contributed by atoms with Crippen molar-refractivity contribution in [2.24, 2.45) is 5.92 Å². The van der Waals surface area contributed by atoms with E-state index in [0.717, 1.165) is 77.3 Å². The van der Waals surface area contributed by atoms with Gasteiger partial charge < -0.3 is 35.1 Å². The summed E-state index contributed by atoms with van der Waals surface area (Å²) in [5, 5.41) is 5.79. The predicted octanol–water partition coefficient (Wildman–Crippen LogP) is 6.46. The van der Waals surface area contributed by atoms with Crippen LogP contribution in [-0.2, 0) is 20.9 Å². The number of ether oxygens (including phenoxy) is 1. The number of H-pyrrole nitrogens is 2. The zero-order valence-corrected chi connectivity index (χ0v) is 30.3. The van der Waals surface area contributed by atoms with E-state index >= 15 is 0 Å². The molecule has 53 heavy (non-hydrogen) atoms. The average molecular weight is 715 g/mol. The Balaban J connectivity index is 0.981. The summed E-state index contributed by atoms with van der Waals surface area (Å²) in [6.45, 7) is 5.70. The first-order valence-electron chi connectivity index (χ1n) is 18.3. The van der Waals surface area contributed by atoms with Gasteiger partial charge in [0.25, 0.3) is 0 Å². The molecule has 274 valence electrons. The van der Waals surface area contributed by atoms with Crippen LogP contribution >= 0.6 is 0 Å². The molecule has 4 heterocycles. The lowest BCUT2D eigenvalue weighted by atomic mass is 10.0. The number of aromatic amines is 2. The van der Waals surface area contributed by atoms with Crippen LogP contribution in [-0.4, -0.2) is 75.0 Å². The van der Waals surface area contributed by atoms with Crippen LogP contribution < -0.4 is 15.5 Å². The summed E-state index contributed by atoms with van der Waals surface area (Å²) >= 11 is 0. The maximum absolute atomic E-state index is 13.5. The van der Waals surface area contributed by atoms with Crippen LogP contribution in [0.15, 0.2) is 91.3 Å². The minimum atomic E-state index is -0.677. The number of likely N-dealkylation sites (tertiary alicyclic amines) is 1. The second kappa shape index (κ2) is 15.8. The van der Waals surface area contributed by atoms with Gasteiger partial charge in [-0.15, -0.1) is 0 Å². The lowest BCUT2D eigenvalue weighted by molar-refractivity contribution is -0.135. The summed E-state index contributed by atoms with van der Waals surface area (Å²) in [6, 6.07) is 25.5. The van der Waals surface area contributed by atoms with Crippen molar-refractivity contribution in [3.05, 3.63) is 103 Å². The summed E-state index contributed by atoms with van der Waals surface area (Å²) < 4.78 is 4.75. The van der Waals surface area contributed by atoms with Gasteiger partial charge in [-0.2, -0.15) is 0 Å². The summed E-state index contributed by atoms with van der Waals surface area (Å²) in [7, 11) is 1.29. The van der Waals surface area contributed by atoms with E-state index in [9.17, 15) is 14.4 Å². The number of amides is 3. The standard InChI is InChI=1S/C41H46N8O4/c1-26(2)36(47-41(52)53-3)39(51)48-21-7-11-34(48)37-42-24-32(45-37)30-17-13-28(14-18-30)29-15-19-31(20-16-29)33-25-44-40(46-33)49-22-8-12-35(49)38(50)43-23-27-9-5-4-6-10-27/h4-6,9-10,13-20,24-26,34-36H,7-8,11-12,21-23H2,1-3H3,(H,42,45)(H,43,50)(H,44,46)(H,47,52)/t34-,35-,36-/m0/s1. The van der Waals surface area contributed by atoms with Crippen LogP contribution in [0, 0.1) is 5.92 Å². The van der Waals surface area contributed by atoms with E-state index in [2.05, 4.69) is 84.0 Å². The van der Waals surface area contributed by atoms with Gasteiger partial charge in [0, 0.05) is 19.6 Å². The molecule has 2 aliphatic rings. The molecule has 2 fully saturated rings. The van der Waals surface area contributed by atoms with Crippen molar-refractivity contribution in [2.75, 3.05) is 25.1 Å². The zero-order valence-electron chi connectivity index (χ0n) is 30.3. The molecule has 0 unspecified atom stereocenters. The highest BCUT2D eigenvalue weighted by Crippen LogP contribution is 2.34. The lowest BCUT2D eigenvalue weighted by Gasteiger charge is -2.30. The highest BCUT2D eigenvalue weighted by atomic mass is 16.5. The van der Waals surface area contributed by atoms with Gasteiger partial charge in [0.15, 0.2) is 0 Å². The Bertz CT molecular complexity index is 2020. The van der Waals surface area contributed by atoms with Gasteiger partial charge in [0.05, 0.1) is 36.9 Å². The van der Waals surface area contributed by atoms with Crippen LogP contribution in [0.5, 0.6) is 0 Å². The maximum atomic E-state index is 13.5. The topological polar surface area (TPSA) is 148 Å². The van der Waals surface area contributed by atoms with Crippen LogP contribution in [0.1, 0.15) is 57.0 Å². The van der Waals surface area contributed by atoms with E-state index in [1.54, 1.807) is 0 Å². The highest BCUT2D eigenvalue weighted by Gasteiger charge is 2.37. The molecule has 3 amide bonds. The van der Waals surface area contributed by atoms with E-state index in [4.69, 9.17) is 4.74 Å². The molecule has 2 aliphatic heterocycles. The van der Waals surface area contributed by atoms with Gasteiger partial charge >= 0.3 is 6.09 Å². The number of aromatic nitrogens is 4. The molecule has 12 nitrogen and oxygen atoms in total. The third-order valence-corrected chi connectivity index (χ3v) is 10.3. The Hall–Kier alpha value is -5.91. The number of anilines is 1. The molecule has 12 heteroatoms. The first-order valence-corrected chi connectivity index (χ1v) is 18.3. The summed E-state index contributed by atoms with van der Waals surface area (Å²) in [6.07, 6.45) is 6.41. The van der Waals surface area contributed by atoms with Crippen molar-refractivity contribution < 1.29 is 19.1 Å². The minimum Gasteiger partial charge on any atom is -0.453 e. The molecule has 2 saturated heterocycles. The summed E-state index contributed by atoms with van der Waals surface area (Å²) in [4.78, 5) is 58.6. The Morgan fingerprint density at radius 2 is 1.43 bits per heavy atom. The molecule has 3 aromatic carbocycles. The van der Waals surface area contributed by atoms with Crippen molar-refractivity contribution in [1.82, 2.24) is 35.5 Å². The number of hydrogen-bond acceptors (Lipinski definition) is 7. The fraction of sp³-hybridized carbons (Fsp3) is 0.341. The van der Waals surface area contributed by atoms with Crippen molar-refractivity contribution in [1.29, 1.82) is 0 Å². The summed E-state index contributed by atoms with van der Waals surface area (Å²) in [5.74, 6) is 1.24. The van der Waals surface area contributed by atoms with Gasteiger partial charge in [0.1, 0.15) is 17.9 Å². The van der Waals surface area contributed by atoms with E-state index in [-0.39, 0.29) is 29.8 Å². The molecule has 0 radical (unpaired) electrons. The molecule has 0 bridgehead atoms. The monoisotopic (exact) mass is 714 g/mol. The number of carbonyl (C=O) groups is 3. The van der Waals surface area contributed by atoms with E-state index in [1.165, 1.54) is 7.11 Å². The first-order chi connectivity index (χ1) is 25.8. The quantitative estimate of drug-likeness (QED) is 0.123. The normalized spacial score (nSPS) is 17.6. The number of nitrogens with one attached hydrogen (secondary N) is 4. The van der Waals surface area contributed by atoms with Gasteiger partial charge in [0.2, 0.25) is 17.8 Å². The second-order valence-electron chi connectivity index (χ2n) is 14.1. The van der Waals surface area contributed by atoms with Crippen LogP contribution in [0.2, 0.25) is 0 Å². The van der Waals surface area contributed by atoms with E-state index in [0.29, 0.717) is 19.0 Å². The number of benzene rings is 3. The summed E-state index contributed by atoms with van der Waals surface area (Å²) in [5.41, 5.74) is 7.02. The van der Waals surface area contributed by atoms with Crippen molar-refractivity contribution in [3.63, 3.8) is 0 Å². The van der Waals surface area contributed by atoms with Crippen molar-refractivity contribution in [2.45, 2.75) is 64.2 Å². The predicted molar refractivity (Wildman–Crippen MR) is 204 cm³/mol. The maximum Gasteiger partial charge on any atom is 0.407 e. The third kappa shape index (κ3) is 7.81. The molecule has 0 spiro atoms. The minimum absolute atomic E-state index is 0.0197. The van der Waals surface area contributed by atoms with E-state index < -0.39 is 12.1 Å². The largest absolute Gasteiger partial charge is 0.453 e. The molecule has 3 atom stereocenters. The Labute approximate surface area is 309 Å². The zero-order chi connectivity index (χ0) is 36.9. The molecule has 0 saturated carbocycles. The molecule has 7 rings (SSSR count). The number of rotatable bonds is 11. The van der Waals surface area contributed by atoms with Gasteiger partial charge in [-0.3, -0.25) is 9.59 Å². The Morgan fingerprint density at radius 3 is 2.09 bits per heavy atom. The number of hydrogen-bond donors (Lipinski definition) is 4. The van der Waals surface area contributed by atoms with Gasteiger partial charge in [-0.25, -0.2) is 14.8 Å². The Kier molecular flexibility index (Phi) is 10.6. The molecule has 5 aromatic rings. The SMILES string of the molecule is COC(=O)N[C@H](C(=O)N1CCC[C@H]1c1ncc(-c2ccc(-c3ccc(-c4cnc(N5CCC[C@H]5C(=O)NCc5ccccc5)[nH]4)cc3)cc2)[nH]1)C(C)C. The first kappa shape index (κ1) is 35.5. The number of methoxy groups -OCH3 is 1. The van der Waals surface area contributed by atoms with Crippen molar-refractivity contribution in [3.8, 4) is 33.6 Å². The molecular formula is C41H46N8O4. The van der Waals surface area contributed by atoms with Crippen molar-refractivity contribution >= 4 is 23.9 Å². The van der Waals surface area contributed by atoms with Crippen LogP contribution in [0.25, 0.3) is 33.6 Å². The lowest BCUT2D eigenvalue weighted by Crippen LogP contribution is -2.51. The fourth-order valence-corrected chi connectivity index (χ4v) is 7.33. The molecular weight excluding hydrogens is 669 g/mol. The van der Waals surface area contributed by atoms with Gasteiger partial charge in [-0.05, 0) is 59.4 Å². The number of imidazole rings is 2. The molecule has 2 aromatic heterocycles. The van der Waals surface area contributed by atoms with Crippen LogP contribution in [0.4, 0.5) is 10.7 Å². The van der Waals surface area contributed by atoms with Crippen LogP contribution in [0.3, 0.4) is 0 Å². The number of carbonyl (C=O) groups excluding carboxylic acids is 3. The Morgan fingerprint density at radius 1 is 0.811 bits per heavy atom. The third-order valence-electron chi connectivity index (χ3n) is 10.3. The highest BCUT2D eigenvalue weighted by molar-refractivity contribution is 5.87. The number of alkyl carbamates (subject to hydrolysis) is 1. The smallest absolute Gasteiger partial charge is 0.407 e. The second-order valence-corrected chi connectivity index (χ2v) is 14.1. The van der Waals surface area contributed by atoms with Gasteiger partial charge in [-0.1, -0.05) is 92.7 Å². The average Bonchev–Trinajstić information content (AvgIpc) is 4.03. The van der Waals surface area contributed by atoms with E-state index in [1.807, 2.05) is 61.5 Å². The molecule has 0 aliphatic carbocycles. The molecule has 4 N–H and O–H groups in total. The fourth-order valence-electron chi connectivity index (χ4n) is 7.33. The number of nitrogens with zero attached hydrogens (tertiary/aromatic N) is 4.